The van der Waals surface area contributed by atoms with E-state index in [1.54, 1.807) is 6.08 Å². The average Bonchev–Trinajstić information content (AvgIpc) is 2.40. The summed E-state index contributed by atoms with van der Waals surface area (Å²) < 4.78 is 28.7. The highest BCUT2D eigenvalue weighted by molar-refractivity contribution is 5.29. The van der Waals surface area contributed by atoms with E-state index in [1.165, 1.54) is 18.9 Å². The predicted molar refractivity (Wildman–Crippen MR) is 80.9 cm³/mol. The van der Waals surface area contributed by atoms with Gasteiger partial charge < -0.3 is 0 Å². The van der Waals surface area contributed by atoms with Crippen molar-refractivity contribution in [2.24, 2.45) is 17.8 Å². The van der Waals surface area contributed by atoms with Crippen LogP contribution in [0.4, 0.5) is 8.78 Å². The summed E-state index contributed by atoms with van der Waals surface area (Å²) in [6.07, 6.45) is 13.4. The fourth-order valence-corrected chi connectivity index (χ4v) is 3.91. The molecule has 0 radical (unpaired) electrons. The third-order valence-electron chi connectivity index (χ3n) is 4.97. The Morgan fingerprint density at radius 2 is 1.80 bits per heavy atom. The summed E-state index contributed by atoms with van der Waals surface area (Å²) in [6.45, 7) is 4.25. The average molecular weight is 282 g/mol. The zero-order chi connectivity index (χ0) is 14.6. The highest BCUT2D eigenvalue weighted by atomic mass is 19.3. The molecule has 0 heterocycles. The summed E-state index contributed by atoms with van der Waals surface area (Å²) >= 11 is 0. The number of rotatable bonds is 5. The minimum absolute atomic E-state index is 0.175. The van der Waals surface area contributed by atoms with Crippen LogP contribution in [-0.2, 0) is 0 Å². The van der Waals surface area contributed by atoms with Crippen LogP contribution in [0.25, 0.3) is 0 Å². The van der Waals surface area contributed by atoms with Gasteiger partial charge in [0.05, 0.1) is 0 Å². The summed E-state index contributed by atoms with van der Waals surface area (Å²) in [5.41, 5.74) is 0.813. The molecule has 0 aromatic rings. The topological polar surface area (TPSA) is 0 Å². The van der Waals surface area contributed by atoms with Crippen LogP contribution in [0.5, 0.6) is 0 Å². The Kier molecular flexibility index (Phi) is 5.40. The molecule has 2 heteroatoms. The van der Waals surface area contributed by atoms with Crippen molar-refractivity contribution in [3.05, 3.63) is 23.8 Å². The Bertz CT molecular complexity index is 360. The number of allylic oxidation sites excluding steroid dienone is 4. The normalized spacial score (nSPS) is 33.0. The Morgan fingerprint density at radius 3 is 2.35 bits per heavy atom. The van der Waals surface area contributed by atoms with E-state index < -0.39 is 11.8 Å². The maximum atomic E-state index is 14.3. The molecule has 1 unspecified atom stereocenters. The van der Waals surface area contributed by atoms with E-state index in [4.69, 9.17) is 0 Å². The fourth-order valence-electron chi connectivity index (χ4n) is 3.91. The lowest BCUT2D eigenvalue weighted by molar-refractivity contribution is -0.0254. The highest BCUT2D eigenvalue weighted by Gasteiger charge is 2.43. The Labute approximate surface area is 122 Å². The molecule has 0 saturated heterocycles. The van der Waals surface area contributed by atoms with Gasteiger partial charge in [0.2, 0.25) is 0 Å². The van der Waals surface area contributed by atoms with Gasteiger partial charge in [-0.05, 0) is 42.7 Å². The molecule has 1 fully saturated rings. The van der Waals surface area contributed by atoms with Crippen LogP contribution >= 0.6 is 0 Å². The van der Waals surface area contributed by atoms with Gasteiger partial charge in [-0.2, -0.15) is 0 Å². The van der Waals surface area contributed by atoms with Gasteiger partial charge in [0.1, 0.15) is 0 Å². The van der Waals surface area contributed by atoms with Gasteiger partial charge in [-0.25, -0.2) is 8.78 Å². The molecule has 0 aromatic heterocycles. The molecule has 0 amide bonds. The van der Waals surface area contributed by atoms with Crippen LogP contribution < -0.4 is 0 Å². The van der Waals surface area contributed by atoms with Crippen LogP contribution in [0.15, 0.2) is 23.8 Å². The lowest BCUT2D eigenvalue weighted by atomic mass is 9.71. The Morgan fingerprint density at radius 1 is 1.10 bits per heavy atom. The van der Waals surface area contributed by atoms with Crippen molar-refractivity contribution >= 4 is 0 Å². The van der Waals surface area contributed by atoms with Gasteiger partial charge in [-0.15, -0.1) is 0 Å². The summed E-state index contributed by atoms with van der Waals surface area (Å²) in [6, 6.07) is 0. The molecule has 2 rings (SSSR count). The van der Waals surface area contributed by atoms with E-state index in [9.17, 15) is 8.78 Å². The molecule has 0 aromatic carbocycles. The second-order valence-electron chi connectivity index (χ2n) is 6.60. The third kappa shape index (κ3) is 3.71. The third-order valence-corrected chi connectivity index (χ3v) is 4.97. The Hall–Kier alpha value is -0.660. The maximum absolute atomic E-state index is 14.3. The van der Waals surface area contributed by atoms with E-state index in [2.05, 4.69) is 6.92 Å². The van der Waals surface area contributed by atoms with Crippen LogP contribution in [-0.4, -0.2) is 5.92 Å². The van der Waals surface area contributed by atoms with Crippen molar-refractivity contribution in [1.82, 2.24) is 0 Å². The molecule has 20 heavy (non-hydrogen) atoms. The van der Waals surface area contributed by atoms with Crippen molar-refractivity contribution in [2.45, 2.75) is 71.1 Å². The maximum Gasteiger partial charge on any atom is 0.273 e. The summed E-state index contributed by atoms with van der Waals surface area (Å²) in [4.78, 5) is 0. The van der Waals surface area contributed by atoms with Crippen LogP contribution in [0, 0.1) is 17.8 Å². The first-order valence-corrected chi connectivity index (χ1v) is 8.34. The van der Waals surface area contributed by atoms with Crippen molar-refractivity contribution < 1.29 is 8.78 Å². The minimum atomic E-state index is -2.64. The number of alkyl halides is 2. The molecule has 0 bridgehead atoms. The minimum Gasteiger partial charge on any atom is -0.201 e. The van der Waals surface area contributed by atoms with Gasteiger partial charge in [0, 0.05) is 5.92 Å². The molecule has 2 aliphatic rings. The lowest BCUT2D eigenvalue weighted by Gasteiger charge is -2.37. The highest BCUT2D eigenvalue weighted by Crippen LogP contribution is 2.44. The van der Waals surface area contributed by atoms with E-state index >= 15 is 0 Å². The van der Waals surface area contributed by atoms with E-state index in [-0.39, 0.29) is 5.92 Å². The van der Waals surface area contributed by atoms with Gasteiger partial charge >= 0.3 is 0 Å². The Balaban J connectivity index is 1.96. The zero-order valence-electron chi connectivity index (χ0n) is 12.9. The summed E-state index contributed by atoms with van der Waals surface area (Å²) in [5, 5.41) is 0. The number of hydrogen-bond donors (Lipinski definition) is 0. The predicted octanol–water partition coefficient (Wildman–Crippen LogP) is 6.14. The van der Waals surface area contributed by atoms with Gasteiger partial charge in [-0.1, -0.05) is 58.1 Å². The fraction of sp³-hybridized carbons (Fsp3) is 0.778. The first-order chi connectivity index (χ1) is 9.56. The number of hydrogen-bond acceptors (Lipinski definition) is 0. The van der Waals surface area contributed by atoms with E-state index in [0.29, 0.717) is 0 Å². The van der Waals surface area contributed by atoms with E-state index in [0.717, 1.165) is 50.0 Å². The van der Waals surface area contributed by atoms with Gasteiger partial charge in [0.25, 0.3) is 5.92 Å². The van der Waals surface area contributed by atoms with Crippen LogP contribution in [0.1, 0.15) is 65.2 Å². The molecule has 114 valence electrons. The first-order valence-electron chi connectivity index (χ1n) is 8.34. The molecule has 1 saturated carbocycles. The SMILES string of the molecule is CCCC1=CC(F)(F)C([C@H]2CC[C@H](CCC)CC2)C=C1. The standard InChI is InChI=1S/C18H28F2/c1-3-5-14-7-10-16(11-8-14)17-12-9-15(6-4-2)13-18(17,19)20/h9,12-14,16-17H,3-8,10-11H2,1-2H3/t14-,16-,17?. The van der Waals surface area contributed by atoms with Crippen LogP contribution in [0.3, 0.4) is 0 Å². The second kappa shape index (κ2) is 6.87. The monoisotopic (exact) mass is 282 g/mol. The van der Waals surface area contributed by atoms with Crippen LogP contribution in [0.2, 0.25) is 0 Å². The molecule has 0 spiro atoms. The molecule has 0 aliphatic heterocycles. The van der Waals surface area contributed by atoms with Crippen molar-refractivity contribution in [1.29, 1.82) is 0 Å². The molecular weight excluding hydrogens is 254 g/mol. The largest absolute Gasteiger partial charge is 0.273 e. The van der Waals surface area contributed by atoms with Gasteiger partial charge in [0.15, 0.2) is 0 Å². The van der Waals surface area contributed by atoms with E-state index in [1.807, 2.05) is 13.0 Å². The van der Waals surface area contributed by atoms with Crippen molar-refractivity contribution in [3.8, 4) is 0 Å². The zero-order valence-corrected chi connectivity index (χ0v) is 12.9. The molecule has 2 aliphatic carbocycles. The molecule has 0 nitrogen and oxygen atoms in total. The quantitative estimate of drug-likeness (QED) is 0.568. The molecular formula is C18H28F2. The first kappa shape index (κ1) is 15.7. The van der Waals surface area contributed by atoms with Crippen molar-refractivity contribution in [3.63, 3.8) is 0 Å². The summed E-state index contributed by atoms with van der Waals surface area (Å²) in [5.74, 6) is -2.25. The summed E-state index contributed by atoms with van der Waals surface area (Å²) in [7, 11) is 0. The molecule has 1 atom stereocenters. The van der Waals surface area contributed by atoms with Crippen molar-refractivity contribution in [2.75, 3.05) is 0 Å². The lowest BCUT2D eigenvalue weighted by Crippen LogP contribution is -2.35. The molecule has 0 N–H and O–H groups in total. The second-order valence-corrected chi connectivity index (χ2v) is 6.60. The van der Waals surface area contributed by atoms with Gasteiger partial charge in [-0.3, -0.25) is 0 Å². The number of halogens is 2. The smallest absolute Gasteiger partial charge is 0.201 e.